The molecule has 0 aliphatic heterocycles. The summed E-state index contributed by atoms with van der Waals surface area (Å²) in [4.78, 5) is 32.8. The predicted molar refractivity (Wildman–Crippen MR) is 58.0 cm³/mol. The zero-order valence-electron chi connectivity index (χ0n) is 9.93. The first-order valence-electron chi connectivity index (χ1n) is 5.27. The van der Waals surface area contributed by atoms with Gasteiger partial charge in [0.25, 0.3) is 0 Å². The Hall–Kier alpha value is -1.85. The van der Waals surface area contributed by atoms with Crippen molar-refractivity contribution in [3.05, 3.63) is 12.2 Å². The van der Waals surface area contributed by atoms with E-state index in [2.05, 4.69) is 14.2 Å². The van der Waals surface area contributed by atoms with Gasteiger partial charge in [0.2, 0.25) is 0 Å². The van der Waals surface area contributed by atoms with Gasteiger partial charge in [0.1, 0.15) is 0 Å². The van der Waals surface area contributed by atoms with Crippen LogP contribution in [0.1, 0.15) is 20.3 Å². The summed E-state index contributed by atoms with van der Waals surface area (Å²) in [6.07, 6.45) is 2.55. The number of hydrogen-bond donors (Lipinski definition) is 0. The second-order valence-corrected chi connectivity index (χ2v) is 2.91. The van der Waals surface area contributed by atoms with Crippen molar-refractivity contribution in [1.29, 1.82) is 0 Å². The predicted octanol–water partition coefficient (Wildman–Crippen LogP) is 0.602. The highest BCUT2D eigenvalue weighted by molar-refractivity contribution is 5.92. The first-order chi connectivity index (χ1) is 8.10. The molecule has 6 heteroatoms. The maximum Gasteiger partial charge on any atom is 0.344 e. The van der Waals surface area contributed by atoms with E-state index in [9.17, 15) is 14.4 Å². The van der Waals surface area contributed by atoms with Crippen molar-refractivity contribution in [3.8, 4) is 0 Å². The Labute approximate surface area is 99.5 Å². The van der Waals surface area contributed by atoms with Crippen molar-refractivity contribution in [3.63, 3.8) is 0 Å². The summed E-state index contributed by atoms with van der Waals surface area (Å²) >= 11 is 0. The van der Waals surface area contributed by atoms with Crippen LogP contribution in [0.4, 0.5) is 0 Å². The molecule has 0 saturated carbocycles. The Kier molecular flexibility index (Phi) is 8.36. The van der Waals surface area contributed by atoms with Gasteiger partial charge in [0, 0.05) is 12.2 Å². The highest BCUT2D eigenvalue weighted by atomic mass is 16.6. The molecule has 96 valence electrons. The van der Waals surface area contributed by atoms with E-state index < -0.39 is 24.5 Å². The molecule has 0 aromatic heterocycles. The number of hydrogen-bond acceptors (Lipinski definition) is 6. The molecule has 0 aliphatic carbocycles. The molecule has 0 aromatic carbocycles. The Bertz CT molecular complexity index is 294. The average Bonchev–Trinajstić information content (AvgIpc) is 2.31. The van der Waals surface area contributed by atoms with Gasteiger partial charge in [-0.05, 0) is 13.3 Å². The SMILES string of the molecule is CCCOC(=O)/C=C\C(=O)OCC(=O)OCC. The van der Waals surface area contributed by atoms with Crippen LogP contribution in [0.5, 0.6) is 0 Å². The molecule has 0 amide bonds. The van der Waals surface area contributed by atoms with Crippen molar-refractivity contribution in [1.82, 2.24) is 0 Å². The van der Waals surface area contributed by atoms with Gasteiger partial charge in [0.05, 0.1) is 13.2 Å². The normalized spacial score (nSPS) is 10.0. The summed E-state index contributed by atoms with van der Waals surface area (Å²) < 4.78 is 13.7. The lowest BCUT2D eigenvalue weighted by Crippen LogP contribution is -2.15. The van der Waals surface area contributed by atoms with Crippen molar-refractivity contribution in [2.75, 3.05) is 19.8 Å². The topological polar surface area (TPSA) is 78.9 Å². The van der Waals surface area contributed by atoms with Crippen molar-refractivity contribution >= 4 is 17.9 Å². The molecule has 0 rings (SSSR count). The van der Waals surface area contributed by atoms with Gasteiger partial charge in [0.15, 0.2) is 6.61 Å². The third-order valence-corrected chi connectivity index (χ3v) is 1.44. The number of ether oxygens (including phenoxy) is 3. The molecule has 0 atom stereocenters. The lowest BCUT2D eigenvalue weighted by Gasteiger charge is -2.01. The molecule has 0 bridgehead atoms. The maximum absolute atomic E-state index is 11.0. The van der Waals surface area contributed by atoms with Crippen LogP contribution in [0.15, 0.2) is 12.2 Å². The Morgan fingerprint density at radius 1 is 0.941 bits per heavy atom. The molecule has 0 aromatic rings. The zero-order chi connectivity index (χ0) is 13.1. The van der Waals surface area contributed by atoms with E-state index in [1.165, 1.54) is 0 Å². The highest BCUT2D eigenvalue weighted by Gasteiger charge is 2.05. The van der Waals surface area contributed by atoms with E-state index in [1.807, 2.05) is 6.92 Å². The molecule has 0 heterocycles. The zero-order valence-corrected chi connectivity index (χ0v) is 9.93. The summed E-state index contributed by atoms with van der Waals surface area (Å²) in [5.74, 6) is -2.06. The monoisotopic (exact) mass is 244 g/mol. The van der Waals surface area contributed by atoms with Crippen molar-refractivity contribution in [2.45, 2.75) is 20.3 Å². The third-order valence-electron chi connectivity index (χ3n) is 1.44. The minimum absolute atomic E-state index is 0.218. The highest BCUT2D eigenvalue weighted by Crippen LogP contribution is 1.88. The van der Waals surface area contributed by atoms with Gasteiger partial charge in [-0.25, -0.2) is 14.4 Å². The fraction of sp³-hybridized carbons (Fsp3) is 0.545. The van der Waals surface area contributed by atoms with Gasteiger partial charge >= 0.3 is 17.9 Å². The smallest absolute Gasteiger partial charge is 0.344 e. The molecule has 0 fully saturated rings. The molecule has 0 aliphatic rings. The van der Waals surface area contributed by atoms with Crippen LogP contribution in [0.2, 0.25) is 0 Å². The largest absolute Gasteiger partial charge is 0.463 e. The quantitative estimate of drug-likeness (QED) is 0.371. The molecule has 0 radical (unpaired) electrons. The maximum atomic E-state index is 11.0. The van der Waals surface area contributed by atoms with Crippen molar-refractivity contribution in [2.24, 2.45) is 0 Å². The average molecular weight is 244 g/mol. The molecule has 0 spiro atoms. The van der Waals surface area contributed by atoms with Crippen LogP contribution in [-0.2, 0) is 28.6 Å². The van der Waals surface area contributed by atoms with Gasteiger partial charge < -0.3 is 14.2 Å². The Balaban J connectivity index is 3.81. The number of esters is 3. The molecule has 0 N–H and O–H groups in total. The number of rotatable bonds is 7. The Morgan fingerprint density at radius 3 is 2.06 bits per heavy atom. The Morgan fingerprint density at radius 2 is 1.53 bits per heavy atom. The summed E-state index contributed by atoms with van der Waals surface area (Å²) in [5, 5.41) is 0. The molecular formula is C11H16O6. The van der Waals surface area contributed by atoms with Crippen LogP contribution in [0, 0.1) is 0 Å². The van der Waals surface area contributed by atoms with Crippen molar-refractivity contribution < 1.29 is 28.6 Å². The molecule has 17 heavy (non-hydrogen) atoms. The van der Waals surface area contributed by atoms with Crippen LogP contribution < -0.4 is 0 Å². The van der Waals surface area contributed by atoms with Gasteiger partial charge in [-0.15, -0.1) is 0 Å². The summed E-state index contributed by atoms with van der Waals surface area (Å²) in [7, 11) is 0. The van der Waals surface area contributed by atoms with E-state index >= 15 is 0 Å². The first kappa shape index (κ1) is 15.2. The third kappa shape index (κ3) is 9.10. The summed E-state index contributed by atoms with van der Waals surface area (Å²) in [6, 6.07) is 0. The summed E-state index contributed by atoms with van der Waals surface area (Å²) in [5.41, 5.74) is 0. The lowest BCUT2D eigenvalue weighted by molar-refractivity contribution is -0.155. The fourth-order valence-corrected chi connectivity index (χ4v) is 0.768. The minimum atomic E-state index is -0.800. The van der Waals surface area contributed by atoms with Gasteiger partial charge in [-0.3, -0.25) is 0 Å². The lowest BCUT2D eigenvalue weighted by atomic mass is 10.5. The standard InChI is InChI=1S/C11H16O6/c1-3-7-16-9(12)5-6-10(13)17-8-11(14)15-4-2/h5-6H,3-4,7-8H2,1-2H3/b6-5-. The fourth-order valence-electron chi connectivity index (χ4n) is 0.768. The van der Waals surface area contributed by atoms with E-state index in [4.69, 9.17) is 0 Å². The second-order valence-electron chi connectivity index (χ2n) is 2.91. The van der Waals surface area contributed by atoms with Crippen LogP contribution >= 0.6 is 0 Å². The van der Waals surface area contributed by atoms with Crippen LogP contribution in [0.3, 0.4) is 0 Å². The molecule has 0 saturated heterocycles. The molecular weight excluding hydrogens is 228 g/mol. The second kappa shape index (κ2) is 9.38. The van der Waals surface area contributed by atoms with Crippen LogP contribution in [0.25, 0.3) is 0 Å². The van der Waals surface area contributed by atoms with Gasteiger partial charge in [-0.2, -0.15) is 0 Å². The van der Waals surface area contributed by atoms with E-state index in [0.29, 0.717) is 13.0 Å². The summed E-state index contributed by atoms with van der Waals surface area (Å²) in [6.45, 7) is 3.53. The number of carbonyl (C=O) groups excluding carboxylic acids is 3. The first-order valence-corrected chi connectivity index (χ1v) is 5.27. The number of carbonyl (C=O) groups is 3. The van der Waals surface area contributed by atoms with Crippen LogP contribution in [-0.4, -0.2) is 37.7 Å². The minimum Gasteiger partial charge on any atom is -0.463 e. The van der Waals surface area contributed by atoms with E-state index in [-0.39, 0.29) is 6.61 Å². The van der Waals surface area contributed by atoms with E-state index in [1.54, 1.807) is 6.92 Å². The van der Waals surface area contributed by atoms with E-state index in [0.717, 1.165) is 12.2 Å². The van der Waals surface area contributed by atoms with Gasteiger partial charge in [-0.1, -0.05) is 6.92 Å². The molecule has 6 nitrogen and oxygen atoms in total. The molecule has 0 unspecified atom stereocenters.